The molecule has 1 aromatic rings. The van der Waals surface area contributed by atoms with E-state index in [4.69, 9.17) is 16.6 Å². The zero-order valence-electron chi connectivity index (χ0n) is 13.9. The maximum absolute atomic E-state index is 6.18. The fourth-order valence-electron chi connectivity index (χ4n) is 2.58. The summed E-state index contributed by atoms with van der Waals surface area (Å²) in [7, 11) is 0. The van der Waals surface area contributed by atoms with Crippen LogP contribution in [0.3, 0.4) is 0 Å². The quantitative estimate of drug-likeness (QED) is 0.803. The van der Waals surface area contributed by atoms with Gasteiger partial charge in [0.1, 0.15) is 16.8 Å². The van der Waals surface area contributed by atoms with Gasteiger partial charge in [-0.2, -0.15) is 0 Å². The second-order valence-corrected chi connectivity index (χ2v) is 7.69. The lowest BCUT2D eigenvalue weighted by Gasteiger charge is -2.36. The van der Waals surface area contributed by atoms with Crippen LogP contribution in [0.15, 0.2) is 6.07 Å². The molecule has 1 aromatic heterocycles. The third-order valence-electron chi connectivity index (χ3n) is 3.67. The second kappa shape index (κ2) is 6.49. The molecule has 21 heavy (non-hydrogen) atoms. The number of nitrogens with zero attached hydrogens (tertiary/aromatic N) is 4. The van der Waals surface area contributed by atoms with Crippen LogP contribution in [0.4, 0.5) is 5.82 Å². The Morgan fingerprint density at radius 3 is 2.29 bits per heavy atom. The molecule has 0 aliphatic carbocycles. The van der Waals surface area contributed by atoms with Crippen molar-refractivity contribution in [3.63, 3.8) is 0 Å². The Balaban J connectivity index is 2.08. The van der Waals surface area contributed by atoms with E-state index < -0.39 is 0 Å². The van der Waals surface area contributed by atoms with Crippen LogP contribution in [0.5, 0.6) is 0 Å². The van der Waals surface area contributed by atoms with Crippen molar-refractivity contribution in [2.75, 3.05) is 37.6 Å². The van der Waals surface area contributed by atoms with Crippen molar-refractivity contribution in [2.45, 2.75) is 40.0 Å². The lowest BCUT2D eigenvalue weighted by atomic mass is 9.96. The van der Waals surface area contributed by atoms with Crippen molar-refractivity contribution >= 4 is 17.4 Å². The van der Waals surface area contributed by atoms with Gasteiger partial charge in [-0.05, 0) is 5.92 Å². The second-order valence-electron chi connectivity index (χ2n) is 7.30. The standard InChI is InChI=1S/C16H27ClN4/c1-12(2)11-20-6-8-21(9-7-20)14-10-13(17)18-15(19-14)16(3,4)5/h10,12H,6-9,11H2,1-5H3. The predicted molar refractivity (Wildman–Crippen MR) is 89.2 cm³/mol. The average molecular weight is 311 g/mol. The minimum Gasteiger partial charge on any atom is -0.354 e. The number of hydrogen-bond donors (Lipinski definition) is 0. The van der Waals surface area contributed by atoms with Gasteiger partial charge in [-0.25, -0.2) is 9.97 Å². The summed E-state index contributed by atoms with van der Waals surface area (Å²) >= 11 is 6.18. The highest BCUT2D eigenvalue weighted by molar-refractivity contribution is 6.29. The first-order valence-electron chi connectivity index (χ1n) is 7.78. The number of rotatable bonds is 3. The van der Waals surface area contributed by atoms with Crippen molar-refractivity contribution in [1.29, 1.82) is 0 Å². The van der Waals surface area contributed by atoms with Crippen molar-refractivity contribution in [1.82, 2.24) is 14.9 Å². The molecule has 1 aliphatic rings. The zero-order valence-corrected chi connectivity index (χ0v) is 14.6. The van der Waals surface area contributed by atoms with E-state index in [1.54, 1.807) is 0 Å². The molecule has 0 aromatic carbocycles. The molecule has 0 saturated carbocycles. The fraction of sp³-hybridized carbons (Fsp3) is 0.750. The lowest BCUT2D eigenvalue weighted by molar-refractivity contribution is 0.231. The summed E-state index contributed by atoms with van der Waals surface area (Å²) < 4.78 is 0. The molecule has 2 rings (SSSR count). The minimum absolute atomic E-state index is 0.0842. The van der Waals surface area contributed by atoms with Crippen LogP contribution in [-0.4, -0.2) is 47.6 Å². The molecule has 0 unspecified atom stereocenters. The smallest absolute Gasteiger partial charge is 0.137 e. The largest absolute Gasteiger partial charge is 0.354 e. The third kappa shape index (κ3) is 4.55. The molecular formula is C16H27ClN4. The van der Waals surface area contributed by atoms with E-state index in [0.717, 1.165) is 43.7 Å². The molecule has 1 saturated heterocycles. The van der Waals surface area contributed by atoms with Gasteiger partial charge in [0.05, 0.1) is 0 Å². The van der Waals surface area contributed by atoms with Gasteiger partial charge < -0.3 is 4.90 Å². The van der Waals surface area contributed by atoms with E-state index in [0.29, 0.717) is 5.15 Å². The van der Waals surface area contributed by atoms with Gasteiger partial charge in [-0.1, -0.05) is 46.2 Å². The van der Waals surface area contributed by atoms with E-state index in [-0.39, 0.29) is 5.41 Å². The molecule has 4 nitrogen and oxygen atoms in total. The minimum atomic E-state index is -0.0842. The number of piperazine rings is 1. The van der Waals surface area contributed by atoms with Crippen LogP contribution in [0.1, 0.15) is 40.4 Å². The van der Waals surface area contributed by atoms with Gasteiger partial charge in [0.15, 0.2) is 0 Å². The highest BCUT2D eigenvalue weighted by atomic mass is 35.5. The van der Waals surface area contributed by atoms with Gasteiger partial charge in [-0.3, -0.25) is 4.90 Å². The Kier molecular flexibility index (Phi) is 5.10. The summed E-state index contributed by atoms with van der Waals surface area (Å²) in [4.78, 5) is 13.9. The van der Waals surface area contributed by atoms with Crippen molar-refractivity contribution in [3.8, 4) is 0 Å². The summed E-state index contributed by atoms with van der Waals surface area (Å²) in [6.45, 7) is 16.2. The summed E-state index contributed by atoms with van der Waals surface area (Å²) in [6.07, 6.45) is 0. The Hall–Kier alpha value is -0.870. The molecular weight excluding hydrogens is 284 g/mol. The topological polar surface area (TPSA) is 32.3 Å². The molecule has 0 amide bonds. The van der Waals surface area contributed by atoms with Crippen LogP contribution in [-0.2, 0) is 5.41 Å². The maximum atomic E-state index is 6.18. The Morgan fingerprint density at radius 2 is 1.76 bits per heavy atom. The van der Waals surface area contributed by atoms with Crippen LogP contribution < -0.4 is 4.90 Å². The number of anilines is 1. The Labute approximate surface area is 133 Å². The molecule has 1 fully saturated rings. The van der Waals surface area contributed by atoms with E-state index in [9.17, 15) is 0 Å². The SMILES string of the molecule is CC(C)CN1CCN(c2cc(Cl)nc(C(C)(C)C)n2)CC1. The summed E-state index contributed by atoms with van der Waals surface area (Å²) in [5.41, 5.74) is -0.0842. The first-order valence-corrected chi connectivity index (χ1v) is 8.16. The average Bonchev–Trinajstić information content (AvgIpc) is 2.37. The van der Waals surface area contributed by atoms with E-state index in [1.165, 1.54) is 6.54 Å². The lowest BCUT2D eigenvalue weighted by Crippen LogP contribution is -2.47. The zero-order chi connectivity index (χ0) is 15.6. The maximum Gasteiger partial charge on any atom is 0.137 e. The van der Waals surface area contributed by atoms with E-state index in [1.807, 2.05) is 6.07 Å². The summed E-state index contributed by atoms with van der Waals surface area (Å²) in [6, 6.07) is 1.88. The van der Waals surface area contributed by atoms with Crippen LogP contribution in [0, 0.1) is 5.92 Å². The molecule has 1 aliphatic heterocycles. The van der Waals surface area contributed by atoms with E-state index >= 15 is 0 Å². The van der Waals surface area contributed by atoms with E-state index in [2.05, 4.69) is 49.4 Å². The highest BCUT2D eigenvalue weighted by Gasteiger charge is 2.23. The first kappa shape index (κ1) is 16.5. The summed E-state index contributed by atoms with van der Waals surface area (Å²) in [5, 5.41) is 0.537. The molecule has 0 N–H and O–H groups in total. The molecule has 0 atom stereocenters. The molecule has 0 radical (unpaired) electrons. The number of aromatic nitrogens is 2. The van der Waals surface area contributed by atoms with Crippen LogP contribution in [0.2, 0.25) is 5.15 Å². The molecule has 118 valence electrons. The van der Waals surface area contributed by atoms with Crippen molar-refractivity contribution < 1.29 is 0 Å². The Bertz CT molecular complexity index is 474. The predicted octanol–water partition coefficient (Wildman–Crippen LogP) is 3.21. The number of hydrogen-bond acceptors (Lipinski definition) is 4. The normalized spacial score (nSPS) is 17.6. The van der Waals surface area contributed by atoms with Crippen molar-refractivity contribution in [2.24, 2.45) is 5.92 Å². The van der Waals surface area contributed by atoms with Crippen LogP contribution >= 0.6 is 11.6 Å². The van der Waals surface area contributed by atoms with Crippen LogP contribution in [0.25, 0.3) is 0 Å². The molecule has 0 spiro atoms. The molecule has 0 bridgehead atoms. The first-order chi connectivity index (χ1) is 9.75. The van der Waals surface area contributed by atoms with Gasteiger partial charge in [0, 0.05) is 44.2 Å². The highest BCUT2D eigenvalue weighted by Crippen LogP contribution is 2.24. The Morgan fingerprint density at radius 1 is 1.14 bits per heavy atom. The number of halogens is 1. The van der Waals surface area contributed by atoms with Gasteiger partial charge in [0.25, 0.3) is 0 Å². The van der Waals surface area contributed by atoms with Gasteiger partial charge in [0.2, 0.25) is 0 Å². The molecule has 5 heteroatoms. The fourth-order valence-corrected chi connectivity index (χ4v) is 2.76. The van der Waals surface area contributed by atoms with Gasteiger partial charge in [-0.15, -0.1) is 0 Å². The monoisotopic (exact) mass is 310 g/mol. The van der Waals surface area contributed by atoms with Gasteiger partial charge >= 0.3 is 0 Å². The van der Waals surface area contributed by atoms with Crippen molar-refractivity contribution in [3.05, 3.63) is 17.0 Å². The molecule has 2 heterocycles. The summed E-state index contributed by atoms with van der Waals surface area (Å²) in [5.74, 6) is 2.50. The third-order valence-corrected chi connectivity index (χ3v) is 3.87.